The first-order chi connectivity index (χ1) is 14.5. The highest BCUT2D eigenvalue weighted by molar-refractivity contribution is 5.85. The number of carbonyl (C=O) groups is 2. The summed E-state index contributed by atoms with van der Waals surface area (Å²) in [6.45, 7) is 3.05. The van der Waals surface area contributed by atoms with Gasteiger partial charge in [0.15, 0.2) is 0 Å². The third-order valence-electron chi connectivity index (χ3n) is 6.91. The number of nitrogens with one attached hydrogen (secondary N) is 1. The van der Waals surface area contributed by atoms with Gasteiger partial charge >= 0.3 is 0 Å². The van der Waals surface area contributed by atoms with Crippen molar-refractivity contribution in [2.45, 2.75) is 44.2 Å². The number of carbonyl (C=O) groups excluding carboxylic acids is 2. The van der Waals surface area contributed by atoms with Crippen molar-refractivity contribution < 1.29 is 18.7 Å². The van der Waals surface area contributed by atoms with E-state index in [1.54, 1.807) is 11.0 Å². The molecule has 156 valence electrons. The van der Waals surface area contributed by atoms with Crippen LogP contribution in [0.2, 0.25) is 0 Å². The zero-order valence-electron chi connectivity index (χ0n) is 17.0. The van der Waals surface area contributed by atoms with E-state index in [4.69, 9.17) is 4.74 Å². The third kappa shape index (κ3) is 3.15. The topological polar surface area (TPSA) is 58.6 Å². The number of rotatable bonds is 2. The SMILES string of the molecule is CC(=O)N1CC[C@H](NC(=O)[C@@H]2C[C@]23CCOc2ccccc23)c2ccc(F)cc2C1. The van der Waals surface area contributed by atoms with Gasteiger partial charge in [-0.2, -0.15) is 0 Å². The van der Waals surface area contributed by atoms with E-state index in [9.17, 15) is 14.0 Å². The summed E-state index contributed by atoms with van der Waals surface area (Å²) in [7, 11) is 0. The third-order valence-corrected chi connectivity index (χ3v) is 6.91. The molecule has 1 spiro atoms. The molecule has 3 aliphatic rings. The Bertz CT molecular complexity index is 1020. The van der Waals surface area contributed by atoms with Gasteiger partial charge in [0, 0.05) is 36.9 Å². The Morgan fingerprint density at radius 2 is 2.07 bits per heavy atom. The van der Waals surface area contributed by atoms with Gasteiger partial charge in [0.05, 0.1) is 12.6 Å². The number of hydrogen-bond donors (Lipinski definition) is 1. The molecule has 0 aromatic heterocycles. The standard InChI is InChI=1S/C24H25FN2O3/c1-15(28)27-10-8-21(18-7-6-17(25)12-16(18)14-27)26-23(29)20-13-24(20)9-11-30-22-5-3-2-4-19(22)24/h2-7,12,20-21H,8-11,13-14H2,1H3,(H,26,29)/t20-,21-,24-/m0/s1. The van der Waals surface area contributed by atoms with Crippen LogP contribution in [0.1, 0.15) is 48.9 Å². The minimum absolute atomic E-state index is 0.0308. The monoisotopic (exact) mass is 408 g/mol. The van der Waals surface area contributed by atoms with E-state index in [0.29, 0.717) is 26.1 Å². The van der Waals surface area contributed by atoms with Crippen molar-refractivity contribution >= 4 is 11.8 Å². The van der Waals surface area contributed by atoms with Crippen LogP contribution in [0.4, 0.5) is 4.39 Å². The maximum Gasteiger partial charge on any atom is 0.224 e. The van der Waals surface area contributed by atoms with Crippen LogP contribution in [0.25, 0.3) is 0 Å². The van der Waals surface area contributed by atoms with Crippen LogP contribution in [0.15, 0.2) is 42.5 Å². The number of fused-ring (bicyclic) bond motifs is 3. The molecule has 2 amide bonds. The summed E-state index contributed by atoms with van der Waals surface area (Å²) in [5.74, 6) is 0.453. The molecule has 3 atom stereocenters. The smallest absolute Gasteiger partial charge is 0.224 e. The Morgan fingerprint density at radius 1 is 1.23 bits per heavy atom. The highest BCUT2D eigenvalue weighted by Gasteiger charge is 2.61. The molecule has 2 aromatic rings. The number of halogens is 1. The van der Waals surface area contributed by atoms with Crippen LogP contribution in [-0.4, -0.2) is 29.9 Å². The van der Waals surface area contributed by atoms with Gasteiger partial charge in [-0.05, 0) is 48.6 Å². The van der Waals surface area contributed by atoms with E-state index in [2.05, 4.69) is 11.4 Å². The Kier molecular flexibility index (Phi) is 4.53. The Balaban J connectivity index is 1.38. The van der Waals surface area contributed by atoms with Crippen molar-refractivity contribution in [2.24, 2.45) is 5.92 Å². The predicted octanol–water partition coefficient (Wildman–Crippen LogP) is 3.48. The second-order valence-corrected chi connectivity index (χ2v) is 8.64. The Labute approximate surface area is 175 Å². The van der Waals surface area contributed by atoms with Crippen LogP contribution in [0, 0.1) is 11.7 Å². The van der Waals surface area contributed by atoms with E-state index >= 15 is 0 Å². The molecule has 1 fully saturated rings. The van der Waals surface area contributed by atoms with E-state index in [1.165, 1.54) is 19.1 Å². The van der Waals surface area contributed by atoms with Gasteiger partial charge in [-0.25, -0.2) is 4.39 Å². The first-order valence-corrected chi connectivity index (χ1v) is 10.5. The van der Waals surface area contributed by atoms with Crippen LogP contribution < -0.4 is 10.1 Å². The van der Waals surface area contributed by atoms with Crippen LogP contribution in [-0.2, 0) is 21.5 Å². The second kappa shape index (κ2) is 7.11. The summed E-state index contributed by atoms with van der Waals surface area (Å²) < 4.78 is 19.6. The normalized spacial score (nSPS) is 26.8. The van der Waals surface area contributed by atoms with E-state index in [1.807, 2.05) is 18.2 Å². The van der Waals surface area contributed by atoms with E-state index < -0.39 is 0 Å². The van der Waals surface area contributed by atoms with Gasteiger partial charge in [0.25, 0.3) is 0 Å². The molecule has 0 saturated heterocycles. The first-order valence-electron chi connectivity index (χ1n) is 10.5. The van der Waals surface area contributed by atoms with Gasteiger partial charge in [-0.15, -0.1) is 0 Å². The van der Waals surface area contributed by atoms with Gasteiger partial charge in [-0.1, -0.05) is 24.3 Å². The van der Waals surface area contributed by atoms with Crippen LogP contribution in [0.5, 0.6) is 5.75 Å². The minimum Gasteiger partial charge on any atom is -0.493 e. The molecule has 5 nitrogen and oxygen atoms in total. The van der Waals surface area contributed by atoms with Crippen molar-refractivity contribution in [1.29, 1.82) is 0 Å². The van der Waals surface area contributed by atoms with Crippen LogP contribution >= 0.6 is 0 Å². The molecule has 0 radical (unpaired) electrons. The number of amides is 2. The number of nitrogens with zero attached hydrogens (tertiary/aromatic N) is 1. The zero-order valence-corrected chi connectivity index (χ0v) is 17.0. The number of ether oxygens (including phenoxy) is 1. The first kappa shape index (κ1) is 19.1. The molecule has 1 aliphatic carbocycles. The number of benzene rings is 2. The average Bonchev–Trinajstić information content (AvgIpc) is 3.47. The predicted molar refractivity (Wildman–Crippen MR) is 109 cm³/mol. The molecular formula is C24H25FN2O3. The maximum absolute atomic E-state index is 13.9. The lowest BCUT2D eigenvalue weighted by Crippen LogP contribution is -2.34. The molecule has 0 unspecified atom stereocenters. The maximum atomic E-state index is 13.9. The van der Waals surface area contributed by atoms with Crippen molar-refractivity contribution in [2.75, 3.05) is 13.2 Å². The number of para-hydroxylation sites is 1. The summed E-state index contributed by atoms with van der Waals surface area (Å²) >= 11 is 0. The van der Waals surface area contributed by atoms with E-state index in [0.717, 1.165) is 35.3 Å². The molecule has 2 heterocycles. The quantitative estimate of drug-likeness (QED) is 0.828. The van der Waals surface area contributed by atoms with Gasteiger partial charge in [0.2, 0.25) is 11.8 Å². The summed E-state index contributed by atoms with van der Waals surface area (Å²) in [6, 6.07) is 12.4. The Morgan fingerprint density at radius 3 is 2.90 bits per heavy atom. The molecule has 1 saturated carbocycles. The molecule has 30 heavy (non-hydrogen) atoms. The molecular weight excluding hydrogens is 383 g/mol. The van der Waals surface area contributed by atoms with Crippen molar-refractivity contribution in [3.05, 3.63) is 65.0 Å². The fourth-order valence-electron chi connectivity index (χ4n) is 5.17. The fourth-order valence-corrected chi connectivity index (χ4v) is 5.17. The summed E-state index contributed by atoms with van der Waals surface area (Å²) in [5.41, 5.74) is 2.65. The largest absolute Gasteiger partial charge is 0.493 e. The lowest BCUT2D eigenvalue weighted by Gasteiger charge is -2.27. The highest BCUT2D eigenvalue weighted by atomic mass is 19.1. The molecule has 0 bridgehead atoms. The Hall–Kier alpha value is -2.89. The number of hydrogen-bond acceptors (Lipinski definition) is 3. The highest BCUT2D eigenvalue weighted by Crippen LogP contribution is 2.60. The summed E-state index contributed by atoms with van der Waals surface area (Å²) in [4.78, 5) is 26.9. The lowest BCUT2D eigenvalue weighted by atomic mass is 9.87. The summed E-state index contributed by atoms with van der Waals surface area (Å²) in [5, 5.41) is 3.22. The molecule has 1 N–H and O–H groups in total. The van der Waals surface area contributed by atoms with Gasteiger partial charge in [0.1, 0.15) is 11.6 Å². The molecule has 6 heteroatoms. The second-order valence-electron chi connectivity index (χ2n) is 8.64. The fraction of sp³-hybridized carbons (Fsp3) is 0.417. The molecule has 5 rings (SSSR count). The molecule has 2 aromatic carbocycles. The van der Waals surface area contributed by atoms with Crippen molar-refractivity contribution in [1.82, 2.24) is 10.2 Å². The van der Waals surface area contributed by atoms with Crippen molar-refractivity contribution in [3.63, 3.8) is 0 Å². The van der Waals surface area contributed by atoms with Crippen molar-refractivity contribution in [3.8, 4) is 5.75 Å². The summed E-state index contributed by atoms with van der Waals surface area (Å²) in [6.07, 6.45) is 2.28. The van der Waals surface area contributed by atoms with Gasteiger partial charge in [-0.3, -0.25) is 9.59 Å². The average molecular weight is 408 g/mol. The molecule has 2 aliphatic heterocycles. The van der Waals surface area contributed by atoms with Crippen LogP contribution in [0.3, 0.4) is 0 Å². The lowest BCUT2D eigenvalue weighted by molar-refractivity contribution is -0.129. The minimum atomic E-state index is -0.329. The van der Waals surface area contributed by atoms with E-state index in [-0.39, 0.29) is 35.0 Å². The zero-order chi connectivity index (χ0) is 20.9. The van der Waals surface area contributed by atoms with Gasteiger partial charge < -0.3 is 15.0 Å².